The van der Waals surface area contributed by atoms with Crippen molar-refractivity contribution in [3.63, 3.8) is 0 Å². The number of ether oxygens (including phenoxy) is 1. The molecule has 0 aliphatic carbocycles. The van der Waals surface area contributed by atoms with E-state index in [2.05, 4.69) is 17.7 Å². The lowest BCUT2D eigenvalue weighted by molar-refractivity contribution is 0.0219. The molecule has 1 aliphatic rings. The van der Waals surface area contributed by atoms with E-state index in [4.69, 9.17) is 9.72 Å². The van der Waals surface area contributed by atoms with E-state index in [9.17, 15) is 4.79 Å². The zero-order valence-electron chi connectivity index (χ0n) is 14.8. The molecule has 0 bridgehead atoms. The van der Waals surface area contributed by atoms with E-state index in [1.165, 1.54) is 0 Å². The second kappa shape index (κ2) is 6.67. The fraction of sp³-hybridized carbons (Fsp3) is 0.556. The van der Waals surface area contributed by atoms with Gasteiger partial charge >= 0.3 is 6.09 Å². The van der Waals surface area contributed by atoms with Gasteiger partial charge in [-0.3, -0.25) is 0 Å². The standard InChI is InChI=1S/C18H25N3O2S/c1-18(2,3)23-17(22)21-11-9-13(10-12-21)24-16-19-14-7-5-6-8-15(14)20(16)4/h5-8,13H,9-12H2,1-4H3. The van der Waals surface area contributed by atoms with Crippen molar-refractivity contribution in [2.75, 3.05) is 13.1 Å². The molecule has 3 rings (SSSR count). The van der Waals surface area contributed by atoms with Crippen LogP contribution < -0.4 is 0 Å². The van der Waals surface area contributed by atoms with E-state index in [0.29, 0.717) is 5.25 Å². The molecule has 0 spiro atoms. The van der Waals surface area contributed by atoms with Crippen molar-refractivity contribution in [1.82, 2.24) is 14.5 Å². The average Bonchev–Trinajstić information content (AvgIpc) is 2.83. The normalized spacial score (nSPS) is 16.6. The predicted molar refractivity (Wildman–Crippen MR) is 97.4 cm³/mol. The molecule has 130 valence electrons. The van der Waals surface area contributed by atoms with Crippen LogP contribution in [0, 0.1) is 0 Å². The lowest BCUT2D eigenvalue weighted by Gasteiger charge is -2.33. The van der Waals surface area contributed by atoms with Crippen LogP contribution in [-0.2, 0) is 11.8 Å². The topological polar surface area (TPSA) is 47.4 Å². The highest BCUT2D eigenvalue weighted by molar-refractivity contribution is 7.99. The first-order chi connectivity index (χ1) is 11.3. The molecule has 24 heavy (non-hydrogen) atoms. The Bertz CT molecular complexity index is 727. The number of hydrogen-bond donors (Lipinski definition) is 0. The summed E-state index contributed by atoms with van der Waals surface area (Å²) in [6.07, 6.45) is 1.73. The van der Waals surface area contributed by atoms with Crippen LogP contribution in [0.1, 0.15) is 33.6 Å². The molecule has 1 aromatic carbocycles. The second-order valence-corrected chi connectivity index (χ2v) is 8.49. The van der Waals surface area contributed by atoms with Crippen LogP contribution in [0.3, 0.4) is 0 Å². The van der Waals surface area contributed by atoms with Crippen LogP contribution in [0.4, 0.5) is 4.79 Å². The highest BCUT2D eigenvalue weighted by atomic mass is 32.2. The maximum absolute atomic E-state index is 12.1. The number of aryl methyl sites for hydroxylation is 1. The van der Waals surface area contributed by atoms with E-state index in [1.54, 1.807) is 0 Å². The van der Waals surface area contributed by atoms with Gasteiger partial charge in [0.1, 0.15) is 5.60 Å². The van der Waals surface area contributed by atoms with Crippen molar-refractivity contribution in [1.29, 1.82) is 0 Å². The average molecular weight is 347 g/mol. The zero-order chi connectivity index (χ0) is 17.3. The molecule has 0 unspecified atom stereocenters. The minimum atomic E-state index is -0.435. The Labute approximate surface area is 147 Å². The third kappa shape index (κ3) is 3.86. The van der Waals surface area contributed by atoms with Crippen LogP contribution in [0.25, 0.3) is 11.0 Å². The molecule has 6 heteroatoms. The maximum Gasteiger partial charge on any atom is 0.410 e. The van der Waals surface area contributed by atoms with Crippen molar-refractivity contribution in [2.24, 2.45) is 7.05 Å². The van der Waals surface area contributed by atoms with Gasteiger partial charge in [0.25, 0.3) is 0 Å². The smallest absolute Gasteiger partial charge is 0.410 e. The molecule has 1 saturated heterocycles. The molecule has 1 fully saturated rings. The number of rotatable bonds is 2. The summed E-state index contributed by atoms with van der Waals surface area (Å²) < 4.78 is 7.61. The van der Waals surface area contributed by atoms with Gasteiger partial charge in [0, 0.05) is 25.4 Å². The molecule has 2 heterocycles. The van der Waals surface area contributed by atoms with Crippen molar-refractivity contribution < 1.29 is 9.53 Å². The van der Waals surface area contributed by atoms with E-state index in [1.807, 2.05) is 55.6 Å². The first kappa shape index (κ1) is 17.1. The van der Waals surface area contributed by atoms with Gasteiger partial charge in [-0.25, -0.2) is 9.78 Å². The largest absolute Gasteiger partial charge is 0.444 e. The van der Waals surface area contributed by atoms with E-state index in [0.717, 1.165) is 42.1 Å². The number of carbonyl (C=O) groups excluding carboxylic acids is 1. The van der Waals surface area contributed by atoms with Gasteiger partial charge in [0.2, 0.25) is 0 Å². The molecule has 1 amide bonds. The third-order valence-electron chi connectivity index (χ3n) is 4.11. The Morgan fingerprint density at radius 3 is 2.54 bits per heavy atom. The number of likely N-dealkylation sites (tertiary alicyclic amines) is 1. The van der Waals surface area contributed by atoms with Crippen LogP contribution in [0.15, 0.2) is 29.4 Å². The quantitative estimate of drug-likeness (QED) is 0.822. The van der Waals surface area contributed by atoms with Gasteiger partial charge in [0.05, 0.1) is 11.0 Å². The van der Waals surface area contributed by atoms with Crippen LogP contribution in [0.2, 0.25) is 0 Å². The van der Waals surface area contributed by atoms with Gasteiger partial charge in [-0.15, -0.1) is 0 Å². The van der Waals surface area contributed by atoms with E-state index >= 15 is 0 Å². The number of imidazole rings is 1. The molecule has 0 radical (unpaired) electrons. The summed E-state index contributed by atoms with van der Waals surface area (Å²) in [7, 11) is 2.06. The lowest BCUT2D eigenvalue weighted by Crippen LogP contribution is -2.42. The van der Waals surface area contributed by atoms with Crippen LogP contribution in [-0.4, -0.2) is 44.5 Å². The minimum absolute atomic E-state index is 0.200. The number of hydrogen-bond acceptors (Lipinski definition) is 4. The van der Waals surface area contributed by atoms with Gasteiger partial charge in [-0.1, -0.05) is 23.9 Å². The molecule has 2 aromatic rings. The van der Waals surface area contributed by atoms with Gasteiger partial charge < -0.3 is 14.2 Å². The summed E-state index contributed by atoms with van der Waals surface area (Å²) in [5, 5.41) is 1.53. The maximum atomic E-state index is 12.1. The summed E-state index contributed by atoms with van der Waals surface area (Å²) in [6.45, 7) is 7.20. The molecule has 0 saturated carbocycles. The van der Waals surface area contributed by atoms with Crippen molar-refractivity contribution >= 4 is 28.9 Å². The highest BCUT2D eigenvalue weighted by Crippen LogP contribution is 2.31. The third-order valence-corrected chi connectivity index (χ3v) is 5.49. The Kier molecular flexibility index (Phi) is 4.76. The number of fused-ring (bicyclic) bond motifs is 1. The van der Waals surface area contributed by atoms with Gasteiger partial charge in [-0.05, 0) is 45.7 Å². The predicted octanol–water partition coefficient (Wildman–Crippen LogP) is 4.06. The van der Waals surface area contributed by atoms with Crippen LogP contribution in [0.5, 0.6) is 0 Å². The first-order valence-electron chi connectivity index (χ1n) is 8.39. The Balaban J connectivity index is 1.59. The van der Waals surface area contributed by atoms with Crippen molar-refractivity contribution in [2.45, 2.75) is 49.6 Å². The lowest BCUT2D eigenvalue weighted by atomic mass is 10.1. The monoisotopic (exact) mass is 347 g/mol. The zero-order valence-corrected chi connectivity index (χ0v) is 15.6. The Morgan fingerprint density at radius 2 is 1.92 bits per heavy atom. The number of carbonyl (C=O) groups is 1. The van der Waals surface area contributed by atoms with Crippen molar-refractivity contribution in [3.05, 3.63) is 24.3 Å². The fourth-order valence-corrected chi connectivity index (χ4v) is 4.01. The Morgan fingerprint density at radius 1 is 1.25 bits per heavy atom. The van der Waals surface area contributed by atoms with E-state index < -0.39 is 5.60 Å². The summed E-state index contributed by atoms with van der Waals surface area (Å²) in [6, 6.07) is 8.20. The summed E-state index contributed by atoms with van der Waals surface area (Å²) in [4.78, 5) is 18.7. The first-order valence-corrected chi connectivity index (χ1v) is 9.27. The summed E-state index contributed by atoms with van der Waals surface area (Å²) in [5.41, 5.74) is 1.76. The molecule has 1 aromatic heterocycles. The van der Waals surface area contributed by atoms with E-state index in [-0.39, 0.29) is 6.09 Å². The number of thioether (sulfide) groups is 1. The number of nitrogens with zero attached hydrogens (tertiary/aromatic N) is 3. The second-order valence-electron chi connectivity index (χ2n) is 7.23. The number of aromatic nitrogens is 2. The minimum Gasteiger partial charge on any atom is -0.444 e. The van der Waals surface area contributed by atoms with Crippen molar-refractivity contribution in [3.8, 4) is 0 Å². The molecular formula is C18H25N3O2S. The van der Waals surface area contributed by atoms with Gasteiger partial charge in [0.15, 0.2) is 5.16 Å². The van der Waals surface area contributed by atoms with Gasteiger partial charge in [-0.2, -0.15) is 0 Å². The summed E-state index contributed by atoms with van der Waals surface area (Å²) in [5.74, 6) is 0. The Hall–Kier alpha value is -1.69. The number of para-hydroxylation sites is 2. The molecule has 0 atom stereocenters. The number of amides is 1. The molecule has 5 nitrogen and oxygen atoms in total. The summed E-state index contributed by atoms with van der Waals surface area (Å²) >= 11 is 1.82. The highest BCUT2D eigenvalue weighted by Gasteiger charge is 2.28. The molecule has 1 aliphatic heterocycles. The molecular weight excluding hydrogens is 322 g/mol. The number of piperidine rings is 1. The number of benzene rings is 1. The SMILES string of the molecule is Cn1c(SC2CCN(C(=O)OC(C)(C)C)CC2)nc2ccccc21. The fourth-order valence-electron chi connectivity index (χ4n) is 2.86. The van der Waals surface area contributed by atoms with Crippen LogP contribution >= 0.6 is 11.8 Å². The molecule has 0 N–H and O–H groups in total.